The highest BCUT2D eigenvalue weighted by Gasteiger charge is 1.97. The molecule has 2 heteroatoms. The molecular formula is C16H25NO. The Bertz CT molecular complexity index is 347. The van der Waals surface area contributed by atoms with Gasteiger partial charge in [0.15, 0.2) is 0 Å². The smallest absolute Gasteiger partial charge is 0.0935 e. The summed E-state index contributed by atoms with van der Waals surface area (Å²) in [5.41, 5.74) is 2.35. The first-order valence-corrected chi connectivity index (χ1v) is 6.94. The molecule has 0 amide bonds. The van der Waals surface area contributed by atoms with Crippen molar-refractivity contribution in [1.29, 1.82) is 0 Å². The van der Waals surface area contributed by atoms with Crippen LogP contribution >= 0.6 is 0 Å². The predicted octanol–water partition coefficient (Wildman–Crippen LogP) is 4.45. The van der Waals surface area contributed by atoms with E-state index in [0.717, 1.165) is 12.0 Å². The first-order valence-electron chi connectivity index (χ1n) is 6.94. The van der Waals surface area contributed by atoms with Crippen molar-refractivity contribution in [3.63, 3.8) is 0 Å². The molecule has 1 rings (SSSR count). The number of benzene rings is 1. The van der Waals surface area contributed by atoms with Crippen LogP contribution in [0.5, 0.6) is 0 Å². The van der Waals surface area contributed by atoms with Crippen LogP contribution in [0, 0.1) is 0 Å². The molecule has 2 nitrogen and oxygen atoms in total. The van der Waals surface area contributed by atoms with Gasteiger partial charge in [-0.2, -0.15) is 0 Å². The fourth-order valence-electron chi connectivity index (χ4n) is 1.99. The van der Waals surface area contributed by atoms with E-state index in [9.17, 15) is 0 Å². The maximum atomic E-state index is 5.13. The molecule has 0 saturated heterocycles. The number of rotatable bonds is 9. The molecule has 18 heavy (non-hydrogen) atoms. The molecule has 100 valence electrons. The largest absolute Gasteiger partial charge is 0.300 e. The number of allylic oxidation sites excluding steroid dienone is 1. The molecule has 0 radical (unpaired) electrons. The van der Waals surface area contributed by atoms with E-state index in [2.05, 4.69) is 25.1 Å². The van der Waals surface area contributed by atoms with Crippen LogP contribution < -0.4 is 5.90 Å². The lowest BCUT2D eigenvalue weighted by Crippen LogP contribution is -2.00. The van der Waals surface area contributed by atoms with E-state index in [4.69, 9.17) is 10.7 Å². The third-order valence-electron chi connectivity index (χ3n) is 3.07. The van der Waals surface area contributed by atoms with Crippen molar-refractivity contribution in [2.45, 2.75) is 52.1 Å². The second kappa shape index (κ2) is 9.86. The molecule has 0 heterocycles. The zero-order valence-corrected chi connectivity index (χ0v) is 11.4. The van der Waals surface area contributed by atoms with Gasteiger partial charge < -0.3 is 0 Å². The molecule has 1 aromatic rings. The minimum absolute atomic E-state index is 0.469. The summed E-state index contributed by atoms with van der Waals surface area (Å²) in [5, 5.41) is 0. The van der Waals surface area contributed by atoms with Crippen molar-refractivity contribution >= 4 is 6.08 Å². The Kier molecular flexibility index (Phi) is 8.19. The van der Waals surface area contributed by atoms with Crippen LogP contribution in [0.2, 0.25) is 0 Å². The lowest BCUT2D eigenvalue weighted by Gasteiger charge is -2.03. The van der Waals surface area contributed by atoms with Crippen LogP contribution in [-0.2, 0) is 11.4 Å². The van der Waals surface area contributed by atoms with Gasteiger partial charge in [0.1, 0.15) is 0 Å². The van der Waals surface area contributed by atoms with E-state index in [0.29, 0.717) is 6.61 Å². The third kappa shape index (κ3) is 5.99. The average Bonchev–Trinajstić information content (AvgIpc) is 2.40. The summed E-state index contributed by atoms with van der Waals surface area (Å²) in [4.78, 5) is 4.71. The Hall–Kier alpha value is -1.12. The van der Waals surface area contributed by atoms with Gasteiger partial charge in [0.25, 0.3) is 0 Å². The minimum atomic E-state index is 0.469. The van der Waals surface area contributed by atoms with Crippen LogP contribution in [0.25, 0.3) is 6.08 Å². The van der Waals surface area contributed by atoms with Gasteiger partial charge in [-0.3, -0.25) is 4.84 Å². The Morgan fingerprint density at radius 1 is 1.11 bits per heavy atom. The lowest BCUT2D eigenvalue weighted by molar-refractivity contribution is 0.124. The molecule has 0 fully saturated rings. The molecule has 0 atom stereocenters. The molecule has 0 unspecified atom stereocenters. The summed E-state index contributed by atoms with van der Waals surface area (Å²) in [5.74, 6) is 5.13. The highest BCUT2D eigenvalue weighted by Crippen LogP contribution is 2.13. The number of hydrogen-bond donors (Lipinski definition) is 1. The summed E-state index contributed by atoms with van der Waals surface area (Å²) >= 11 is 0. The number of nitrogens with two attached hydrogens (primary N) is 1. The summed E-state index contributed by atoms with van der Waals surface area (Å²) in [7, 11) is 0. The van der Waals surface area contributed by atoms with Crippen molar-refractivity contribution in [1.82, 2.24) is 0 Å². The number of unbranched alkanes of at least 4 members (excludes halogenated alkanes) is 5. The zero-order chi connectivity index (χ0) is 13.1. The van der Waals surface area contributed by atoms with Crippen molar-refractivity contribution < 1.29 is 4.84 Å². The molecule has 0 aliphatic heterocycles. The van der Waals surface area contributed by atoms with Gasteiger partial charge in [-0.25, -0.2) is 5.90 Å². The Balaban J connectivity index is 2.32. The monoisotopic (exact) mass is 247 g/mol. The fraction of sp³-hybridized carbons (Fsp3) is 0.500. The predicted molar refractivity (Wildman–Crippen MR) is 77.8 cm³/mol. The number of hydrogen-bond acceptors (Lipinski definition) is 2. The third-order valence-corrected chi connectivity index (χ3v) is 3.07. The van der Waals surface area contributed by atoms with Gasteiger partial charge >= 0.3 is 0 Å². The molecule has 0 spiro atoms. The van der Waals surface area contributed by atoms with Gasteiger partial charge in [0.2, 0.25) is 0 Å². The summed E-state index contributed by atoms with van der Waals surface area (Å²) in [6.45, 7) is 2.72. The average molecular weight is 247 g/mol. The SMILES string of the molecule is CCCCCCC/C=C/c1ccccc1CON. The van der Waals surface area contributed by atoms with E-state index < -0.39 is 0 Å². The van der Waals surface area contributed by atoms with Gasteiger partial charge in [0, 0.05) is 0 Å². The van der Waals surface area contributed by atoms with Crippen LogP contribution in [0.3, 0.4) is 0 Å². The Morgan fingerprint density at radius 2 is 1.89 bits per heavy atom. The zero-order valence-electron chi connectivity index (χ0n) is 11.4. The van der Waals surface area contributed by atoms with Crippen molar-refractivity contribution in [2.24, 2.45) is 5.90 Å². The summed E-state index contributed by atoms with van der Waals surface area (Å²) in [6.07, 6.45) is 12.2. The Morgan fingerprint density at radius 3 is 2.67 bits per heavy atom. The summed E-state index contributed by atoms with van der Waals surface area (Å²) < 4.78 is 0. The quantitative estimate of drug-likeness (QED) is 0.517. The minimum Gasteiger partial charge on any atom is -0.300 e. The highest BCUT2D eigenvalue weighted by molar-refractivity contribution is 5.53. The highest BCUT2D eigenvalue weighted by atomic mass is 16.6. The molecule has 0 aliphatic rings. The van der Waals surface area contributed by atoms with E-state index in [1.54, 1.807) is 0 Å². The van der Waals surface area contributed by atoms with Crippen molar-refractivity contribution in [3.8, 4) is 0 Å². The van der Waals surface area contributed by atoms with Crippen LogP contribution in [0.15, 0.2) is 30.3 Å². The van der Waals surface area contributed by atoms with Crippen LogP contribution in [0.1, 0.15) is 56.6 Å². The standard InChI is InChI=1S/C16H25NO/c1-2-3-4-5-6-7-8-11-15-12-9-10-13-16(15)14-18-17/h8-13H,2-7,14,17H2,1H3/b11-8+. The second-order valence-corrected chi connectivity index (χ2v) is 4.62. The maximum absolute atomic E-state index is 5.13. The van der Waals surface area contributed by atoms with E-state index in [-0.39, 0.29) is 0 Å². The molecule has 2 N–H and O–H groups in total. The maximum Gasteiger partial charge on any atom is 0.0935 e. The molecule has 0 saturated carbocycles. The molecule has 1 aromatic carbocycles. The Labute approximate surface area is 111 Å². The summed E-state index contributed by atoms with van der Waals surface area (Å²) in [6, 6.07) is 8.20. The fourth-order valence-corrected chi connectivity index (χ4v) is 1.99. The molecule has 0 aromatic heterocycles. The van der Waals surface area contributed by atoms with E-state index in [1.165, 1.54) is 37.7 Å². The van der Waals surface area contributed by atoms with Gasteiger partial charge in [-0.15, -0.1) is 0 Å². The van der Waals surface area contributed by atoms with E-state index in [1.807, 2.05) is 18.2 Å². The van der Waals surface area contributed by atoms with Gasteiger partial charge in [-0.05, 0) is 24.0 Å². The second-order valence-electron chi connectivity index (χ2n) is 4.62. The molecule has 0 bridgehead atoms. The first-order chi connectivity index (χ1) is 8.88. The van der Waals surface area contributed by atoms with Crippen molar-refractivity contribution in [3.05, 3.63) is 41.5 Å². The molecular weight excluding hydrogens is 222 g/mol. The van der Waals surface area contributed by atoms with Gasteiger partial charge in [0.05, 0.1) is 6.61 Å². The van der Waals surface area contributed by atoms with Crippen molar-refractivity contribution in [2.75, 3.05) is 0 Å². The van der Waals surface area contributed by atoms with Gasteiger partial charge in [-0.1, -0.05) is 69.0 Å². The molecule has 0 aliphatic carbocycles. The topological polar surface area (TPSA) is 35.2 Å². The van der Waals surface area contributed by atoms with Crippen LogP contribution in [0.4, 0.5) is 0 Å². The van der Waals surface area contributed by atoms with E-state index >= 15 is 0 Å². The normalized spacial score (nSPS) is 11.2. The lowest BCUT2D eigenvalue weighted by atomic mass is 10.1. The first kappa shape index (κ1) is 14.9. The van der Waals surface area contributed by atoms with Crippen LogP contribution in [-0.4, -0.2) is 0 Å².